The van der Waals surface area contributed by atoms with Crippen molar-refractivity contribution in [1.29, 1.82) is 0 Å². The van der Waals surface area contributed by atoms with E-state index >= 15 is 0 Å². The molecule has 3 rings (SSSR count). The minimum absolute atomic E-state index is 0.0380. The predicted octanol–water partition coefficient (Wildman–Crippen LogP) is 2.98. The van der Waals surface area contributed by atoms with Gasteiger partial charge in [-0.2, -0.15) is 0 Å². The summed E-state index contributed by atoms with van der Waals surface area (Å²) >= 11 is 3.03. The van der Waals surface area contributed by atoms with Crippen molar-refractivity contribution in [2.75, 3.05) is 26.7 Å². The maximum atomic E-state index is 11.9. The molecule has 6 nitrogen and oxygen atoms in total. The summed E-state index contributed by atoms with van der Waals surface area (Å²) in [6.07, 6.45) is 0.178. The molecule has 148 valence electrons. The van der Waals surface area contributed by atoms with Crippen LogP contribution in [0.2, 0.25) is 0 Å². The van der Waals surface area contributed by atoms with Crippen LogP contribution >= 0.6 is 22.7 Å². The number of nitrogens with one attached hydrogen (secondary N) is 3. The van der Waals surface area contributed by atoms with E-state index in [9.17, 15) is 9.90 Å². The number of benzene rings is 1. The van der Waals surface area contributed by atoms with Crippen LogP contribution in [-0.2, 0) is 0 Å². The number of fused-ring (bicyclic) bond motifs is 1. The highest BCUT2D eigenvalue weighted by Gasteiger charge is 2.12. The number of guanidine groups is 1. The topological polar surface area (TPSA) is 85.8 Å². The number of hydrogen-bond acceptors (Lipinski definition) is 5. The molecule has 0 spiro atoms. The van der Waals surface area contributed by atoms with Gasteiger partial charge in [-0.25, -0.2) is 0 Å². The monoisotopic (exact) mass is 416 g/mol. The molecule has 0 fully saturated rings. The fourth-order valence-corrected chi connectivity index (χ4v) is 4.36. The van der Waals surface area contributed by atoms with Crippen LogP contribution in [0.25, 0.3) is 10.1 Å². The van der Waals surface area contributed by atoms with Crippen LogP contribution in [0.4, 0.5) is 0 Å². The van der Waals surface area contributed by atoms with Gasteiger partial charge in [0, 0.05) is 36.3 Å². The van der Waals surface area contributed by atoms with Gasteiger partial charge in [-0.05, 0) is 35.4 Å². The lowest BCUT2D eigenvalue weighted by atomic mass is 10.2. The number of amides is 1. The number of aliphatic hydroxyl groups excluding tert-OH is 1. The van der Waals surface area contributed by atoms with Crippen molar-refractivity contribution in [3.8, 4) is 0 Å². The molecule has 0 radical (unpaired) electrons. The molecule has 4 N–H and O–H groups in total. The molecule has 8 heteroatoms. The van der Waals surface area contributed by atoms with E-state index in [1.165, 1.54) is 16.0 Å². The first-order valence-electron chi connectivity index (χ1n) is 9.10. The predicted molar refractivity (Wildman–Crippen MR) is 117 cm³/mol. The lowest BCUT2D eigenvalue weighted by Crippen LogP contribution is -2.40. The quantitative estimate of drug-likeness (QED) is 0.258. The van der Waals surface area contributed by atoms with Crippen LogP contribution < -0.4 is 16.0 Å². The summed E-state index contributed by atoms with van der Waals surface area (Å²) in [4.78, 5) is 17.7. The van der Waals surface area contributed by atoms with Crippen LogP contribution in [0.15, 0.2) is 52.8 Å². The highest BCUT2D eigenvalue weighted by molar-refractivity contribution is 7.19. The van der Waals surface area contributed by atoms with Gasteiger partial charge < -0.3 is 21.1 Å². The number of aliphatic hydroxyl groups is 1. The van der Waals surface area contributed by atoms with Gasteiger partial charge in [0.25, 0.3) is 5.91 Å². The van der Waals surface area contributed by atoms with Gasteiger partial charge in [-0.15, -0.1) is 22.7 Å². The van der Waals surface area contributed by atoms with Crippen LogP contribution in [0.3, 0.4) is 0 Å². The first-order valence-corrected chi connectivity index (χ1v) is 10.8. The van der Waals surface area contributed by atoms with Crippen molar-refractivity contribution >= 4 is 44.6 Å². The van der Waals surface area contributed by atoms with Gasteiger partial charge in [0.05, 0.1) is 4.88 Å². The Morgan fingerprint density at radius 1 is 1.14 bits per heavy atom. The van der Waals surface area contributed by atoms with E-state index in [2.05, 4.69) is 27.0 Å². The molecule has 1 atom stereocenters. The van der Waals surface area contributed by atoms with E-state index in [0.29, 0.717) is 25.6 Å². The van der Waals surface area contributed by atoms with Gasteiger partial charge in [0.1, 0.15) is 6.10 Å². The molecule has 1 amide bonds. The third-order valence-corrected chi connectivity index (χ3v) is 6.22. The maximum absolute atomic E-state index is 11.9. The highest BCUT2D eigenvalue weighted by atomic mass is 32.1. The SMILES string of the molecule is CN=C(NCCCNC(=O)c1cccs1)NCC(O)c1cc2ccccc2s1. The van der Waals surface area contributed by atoms with E-state index in [0.717, 1.165) is 21.6 Å². The standard InChI is InChI=1S/C20H24N4O2S2/c1-21-20(23-10-5-9-22-19(26)17-8-4-11-27-17)24-13-15(25)18-12-14-6-2-3-7-16(14)28-18/h2-4,6-8,11-12,15,25H,5,9-10,13H2,1H3,(H,22,26)(H2,21,23,24). The molecule has 2 heterocycles. The number of nitrogens with zero attached hydrogens (tertiary/aromatic N) is 1. The molecule has 28 heavy (non-hydrogen) atoms. The first-order chi connectivity index (χ1) is 13.7. The fraction of sp³-hybridized carbons (Fsp3) is 0.300. The van der Waals surface area contributed by atoms with Crippen LogP contribution in [0, 0.1) is 0 Å². The van der Waals surface area contributed by atoms with Crippen LogP contribution in [0.5, 0.6) is 0 Å². The number of carbonyl (C=O) groups excluding carboxylic acids is 1. The molecule has 0 aliphatic carbocycles. The second kappa shape index (κ2) is 10.2. The smallest absolute Gasteiger partial charge is 0.261 e. The summed E-state index contributed by atoms with van der Waals surface area (Å²) in [5.74, 6) is 0.591. The minimum Gasteiger partial charge on any atom is -0.386 e. The van der Waals surface area contributed by atoms with Crippen molar-refractivity contribution in [2.45, 2.75) is 12.5 Å². The lowest BCUT2D eigenvalue weighted by molar-refractivity contribution is 0.0957. The fourth-order valence-electron chi connectivity index (χ4n) is 2.67. The van der Waals surface area contributed by atoms with Gasteiger partial charge in [-0.3, -0.25) is 9.79 Å². The number of thiophene rings is 2. The van der Waals surface area contributed by atoms with E-state index in [1.807, 2.05) is 41.8 Å². The Bertz CT molecular complexity index is 888. The van der Waals surface area contributed by atoms with Gasteiger partial charge in [-0.1, -0.05) is 24.3 Å². The molecule has 0 bridgehead atoms. The van der Waals surface area contributed by atoms with Gasteiger partial charge in [0.2, 0.25) is 0 Å². The number of rotatable bonds is 8. The summed E-state index contributed by atoms with van der Waals surface area (Å²) < 4.78 is 1.17. The molecular formula is C20H24N4O2S2. The molecule has 0 saturated carbocycles. The summed E-state index contributed by atoms with van der Waals surface area (Å²) in [5.41, 5.74) is 0. The number of carbonyl (C=O) groups is 1. The van der Waals surface area contributed by atoms with Crippen molar-refractivity contribution in [2.24, 2.45) is 4.99 Å². The Labute approximate surface area is 172 Å². The second-order valence-electron chi connectivity index (χ2n) is 6.17. The van der Waals surface area contributed by atoms with Crippen molar-refractivity contribution in [3.63, 3.8) is 0 Å². The zero-order valence-corrected chi connectivity index (χ0v) is 17.3. The second-order valence-corrected chi connectivity index (χ2v) is 8.23. The van der Waals surface area contributed by atoms with Crippen molar-refractivity contribution in [1.82, 2.24) is 16.0 Å². The normalized spacial score (nSPS) is 12.7. The van der Waals surface area contributed by atoms with E-state index < -0.39 is 6.10 Å². The number of hydrogen-bond donors (Lipinski definition) is 4. The molecule has 2 aromatic heterocycles. The van der Waals surface area contributed by atoms with E-state index in [1.54, 1.807) is 18.4 Å². The molecule has 1 unspecified atom stereocenters. The zero-order valence-electron chi connectivity index (χ0n) is 15.6. The summed E-state index contributed by atoms with van der Waals surface area (Å²) in [5, 5.41) is 22.7. The summed E-state index contributed by atoms with van der Waals surface area (Å²) in [6.45, 7) is 1.64. The summed E-state index contributed by atoms with van der Waals surface area (Å²) in [6, 6.07) is 13.8. The third kappa shape index (κ3) is 5.54. The van der Waals surface area contributed by atoms with Crippen LogP contribution in [-0.4, -0.2) is 43.7 Å². The Kier molecular flexibility index (Phi) is 7.41. The molecule has 1 aromatic carbocycles. The molecule has 0 aliphatic rings. The van der Waals surface area contributed by atoms with Crippen molar-refractivity contribution in [3.05, 3.63) is 57.6 Å². The maximum Gasteiger partial charge on any atom is 0.261 e. The molecule has 0 aliphatic heterocycles. The average Bonchev–Trinajstić information content (AvgIpc) is 3.39. The number of aliphatic imine (C=N–C) groups is 1. The van der Waals surface area contributed by atoms with Crippen molar-refractivity contribution < 1.29 is 9.90 Å². The third-order valence-electron chi connectivity index (χ3n) is 4.14. The summed E-state index contributed by atoms with van der Waals surface area (Å²) in [7, 11) is 1.69. The Morgan fingerprint density at radius 2 is 1.96 bits per heavy atom. The largest absolute Gasteiger partial charge is 0.386 e. The Hall–Kier alpha value is -2.42. The molecular weight excluding hydrogens is 392 g/mol. The first kappa shape index (κ1) is 20.3. The van der Waals surface area contributed by atoms with E-state index in [-0.39, 0.29) is 5.91 Å². The minimum atomic E-state index is -0.596. The Morgan fingerprint density at radius 3 is 2.71 bits per heavy atom. The van der Waals surface area contributed by atoms with E-state index in [4.69, 9.17) is 0 Å². The molecule has 0 saturated heterocycles. The molecule has 3 aromatic rings. The average molecular weight is 417 g/mol. The van der Waals surface area contributed by atoms with Gasteiger partial charge >= 0.3 is 0 Å². The van der Waals surface area contributed by atoms with Gasteiger partial charge in [0.15, 0.2) is 5.96 Å². The highest BCUT2D eigenvalue weighted by Crippen LogP contribution is 2.29. The zero-order chi connectivity index (χ0) is 19.8. The Balaban J connectivity index is 1.36. The van der Waals surface area contributed by atoms with Crippen LogP contribution in [0.1, 0.15) is 27.1 Å². The lowest BCUT2D eigenvalue weighted by Gasteiger charge is -2.14.